The van der Waals surface area contributed by atoms with Gasteiger partial charge in [-0.3, -0.25) is 0 Å². The predicted octanol–water partition coefficient (Wildman–Crippen LogP) is -0.525. The van der Waals surface area contributed by atoms with Crippen LogP contribution in [0.25, 0.3) is 0 Å². The van der Waals surface area contributed by atoms with E-state index in [4.69, 9.17) is 9.63 Å². The van der Waals surface area contributed by atoms with Crippen LogP contribution < -0.4 is 4.72 Å². The van der Waals surface area contributed by atoms with Gasteiger partial charge in [0.05, 0.1) is 24.6 Å². The lowest BCUT2D eigenvalue weighted by molar-refractivity contribution is 0.294. The summed E-state index contributed by atoms with van der Waals surface area (Å²) in [5.41, 5.74) is 0. The number of sulfonamides is 1. The molecule has 80 valence electrons. The normalized spacial score (nSPS) is 14.1. The monoisotopic (exact) mass is 220 g/mol. The van der Waals surface area contributed by atoms with Crippen molar-refractivity contribution in [1.82, 2.24) is 9.88 Å². The number of aliphatic hydroxyl groups excluding tert-OH is 1. The van der Waals surface area contributed by atoms with Gasteiger partial charge in [0, 0.05) is 6.07 Å². The Labute approximate surface area is 82.0 Å². The zero-order valence-corrected chi connectivity index (χ0v) is 8.49. The van der Waals surface area contributed by atoms with Crippen LogP contribution in [-0.4, -0.2) is 30.5 Å². The van der Waals surface area contributed by atoms with Crippen molar-refractivity contribution in [3.8, 4) is 0 Å². The highest BCUT2D eigenvalue weighted by atomic mass is 32.2. The molecule has 1 atom stereocenters. The summed E-state index contributed by atoms with van der Waals surface area (Å²) < 4.78 is 29.6. The van der Waals surface area contributed by atoms with Gasteiger partial charge in [0.1, 0.15) is 0 Å². The first-order chi connectivity index (χ1) is 6.56. The van der Waals surface area contributed by atoms with E-state index >= 15 is 0 Å². The number of hydrogen-bond donors (Lipinski definition) is 2. The molecule has 0 aliphatic heterocycles. The first-order valence-electron chi connectivity index (χ1n) is 4.05. The van der Waals surface area contributed by atoms with Gasteiger partial charge in [-0.1, -0.05) is 5.16 Å². The van der Waals surface area contributed by atoms with Gasteiger partial charge in [-0.05, 0) is 6.92 Å². The molecule has 14 heavy (non-hydrogen) atoms. The van der Waals surface area contributed by atoms with Crippen LogP contribution in [0.1, 0.15) is 12.7 Å². The van der Waals surface area contributed by atoms with Crippen LogP contribution in [0.2, 0.25) is 0 Å². The van der Waals surface area contributed by atoms with Crippen LogP contribution in [-0.2, 0) is 16.6 Å². The topological polar surface area (TPSA) is 92.4 Å². The second kappa shape index (κ2) is 4.54. The Morgan fingerprint density at radius 3 is 2.93 bits per heavy atom. The average Bonchev–Trinajstić information content (AvgIpc) is 2.66. The molecule has 1 aromatic heterocycles. The molecule has 7 heteroatoms. The fraction of sp³-hybridized carbons (Fsp3) is 0.571. The lowest BCUT2D eigenvalue weighted by Crippen LogP contribution is -2.34. The molecule has 0 aliphatic rings. The number of nitrogens with one attached hydrogen (secondary N) is 1. The van der Waals surface area contributed by atoms with E-state index in [1.165, 1.54) is 13.1 Å². The molecule has 0 saturated carbocycles. The molecule has 1 heterocycles. The molecule has 0 radical (unpaired) electrons. The van der Waals surface area contributed by atoms with Gasteiger partial charge in [-0.15, -0.1) is 0 Å². The van der Waals surface area contributed by atoms with Gasteiger partial charge in [0.25, 0.3) is 0 Å². The molecular formula is C7H12N2O4S. The predicted molar refractivity (Wildman–Crippen MR) is 48.8 cm³/mol. The molecular weight excluding hydrogens is 208 g/mol. The van der Waals surface area contributed by atoms with E-state index in [2.05, 4.69) is 9.88 Å². The molecule has 0 amide bonds. The van der Waals surface area contributed by atoms with E-state index in [0.29, 0.717) is 5.76 Å². The molecule has 0 saturated heterocycles. The highest BCUT2D eigenvalue weighted by Crippen LogP contribution is 2.00. The molecule has 1 rings (SSSR count). The summed E-state index contributed by atoms with van der Waals surface area (Å²) in [5, 5.41) is 11.3. The standard InChI is InChI=1S/C7H12N2O4S/c1-6(5-10)14(11,12)9-4-7-2-3-8-13-7/h2-3,6,9-10H,4-5H2,1H3. The first kappa shape index (κ1) is 11.2. The lowest BCUT2D eigenvalue weighted by Gasteiger charge is -2.09. The molecule has 0 fully saturated rings. The van der Waals surface area contributed by atoms with E-state index in [1.54, 1.807) is 6.07 Å². The first-order valence-corrected chi connectivity index (χ1v) is 5.60. The Balaban J connectivity index is 2.53. The number of rotatable bonds is 5. The molecule has 0 bridgehead atoms. The largest absolute Gasteiger partial charge is 0.395 e. The van der Waals surface area contributed by atoms with E-state index in [0.717, 1.165) is 0 Å². The average molecular weight is 220 g/mol. The summed E-state index contributed by atoms with van der Waals surface area (Å²) in [5.74, 6) is 0.429. The number of nitrogens with zero attached hydrogens (tertiary/aromatic N) is 1. The third kappa shape index (κ3) is 2.79. The summed E-state index contributed by atoms with van der Waals surface area (Å²) >= 11 is 0. The molecule has 1 aromatic rings. The summed E-state index contributed by atoms with van der Waals surface area (Å²) in [4.78, 5) is 0. The van der Waals surface area contributed by atoms with Crippen LogP contribution in [0.5, 0.6) is 0 Å². The zero-order chi connectivity index (χ0) is 10.6. The SMILES string of the molecule is CC(CO)S(=O)(=O)NCc1ccno1. The second-order valence-electron chi connectivity index (χ2n) is 2.84. The second-order valence-corrected chi connectivity index (χ2v) is 5.02. The highest BCUT2D eigenvalue weighted by Gasteiger charge is 2.19. The van der Waals surface area contributed by atoms with Gasteiger partial charge in [-0.25, -0.2) is 13.1 Å². The molecule has 0 aliphatic carbocycles. The Morgan fingerprint density at radius 1 is 1.71 bits per heavy atom. The van der Waals surface area contributed by atoms with Crippen molar-refractivity contribution in [2.75, 3.05) is 6.61 Å². The van der Waals surface area contributed by atoms with Crippen LogP contribution >= 0.6 is 0 Å². The van der Waals surface area contributed by atoms with Crippen molar-refractivity contribution >= 4 is 10.0 Å². The van der Waals surface area contributed by atoms with Gasteiger partial charge < -0.3 is 9.63 Å². The van der Waals surface area contributed by atoms with Crippen LogP contribution in [0.4, 0.5) is 0 Å². The van der Waals surface area contributed by atoms with Crippen molar-refractivity contribution in [3.63, 3.8) is 0 Å². The van der Waals surface area contributed by atoms with Crippen molar-refractivity contribution in [2.24, 2.45) is 0 Å². The van der Waals surface area contributed by atoms with Crippen molar-refractivity contribution < 1.29 is 18.0 Å². The third-order valence-corrected chi connectivity index (χ3v) is 3.48. The van der Waals surface area contributed by atoms with E-state index in [9.17, 15) is 8.42 Å². The van der Waals surface area contributed by atoms with E-state index < -0.39 is 21.9 Å². The number of aliphatic hydroxyl groups is 1. The zero-order valence-electron chi connectivity index (χ0n) is 7.67. The fourth-order valence-electron chi connectivity index (χ4n) is 0.745. The molecule has 1 unspecified atom stereocenters. The Hall–Kier alpha value is -0.920. The smallest absolute Gasteiger partial charge is 0.216 e. The van der Waals surface area contributed by atoms with Crippen molar-refractivity contribution in [3.05, 3.63) is 18.0 Å². The molecule has 0 aromatic carbocycles. The van der Waals surface area contributed by atoms with Crippen LogP contribution in [0, 0.1) is 0 Å². The van der Waals surface area contributed by atoms with Gasteiger partial charge in [0.15, 0.2) is 5.76 Å². The maximum Gasteiger partial charge on any atom is 0.216 e. The summed E-state index contributed by atoms with van der Waals surface area (Å²) in [6.45, 7) is 1.06. The van der Waals surface area contributed by atoms with E-state index in [1.807, 2.05) is 0 Å². The molecule has 0 spiro atoms. The number of hydrogen-bond acceptors (Lipinski definition) is 5. The number of aromatic nitrogens is 1. The van der Waals surface area contributed by atoms with Gasteiger partial charge in [0.2, 0.25) is 10.0 Å². The summed E-state index contributed by atoms with van der Waals surface area (Å²) in [6, 6.07) is 1.56. The lowest BCUT2D eigenvalue weighted by atomic mass is 10.5. The quantitative estimate of drug-likeness (QED) is 0.696. The Kier molecular flexibility index (Phi) is 3.62. The van der Waals surface area contributed by atoms with E-state index in [-0.39, 0.29) is 6.54 Å². The minimum atomic E-state index is -3.47. The fourth-order valence-corrected chi connectivity index (χ4v) is 1.57. The molecule has 6 nitrogen and oxygen atoms in total. The van der Waals surface area contributed by atoms with Crippen molar-refractivity contribution in [2.45, 2.75) is 18.7 Å². The van der Waals surface area contributed by atoms with Crippen molar-refractivity contribution in [1.29, 1.82) is 0 Å². The Bertz CT molecular complexity index is 359. The van der Waals surface area contributed by atoms with Gasteiger partial charge in [-0.2, -0.15) is 0 Å². The summed E-state index contributed by atoms with van der Waals surface area (Å²) in [7, 11) is -3.47. The minimum absolute atomic E-state index is 0.0483. The minimum Gasteiger partial charge on any atom is -0.395 e. The van der Waals surface area contributed by atoms with Crippen LogP contribution in [0.3, 0.4) is 0 Å². The van der Waals surface area contributed by atoms with Crippen LogP contribution in [0.15, 0.2) is 16.8 Å². The molecule has 2 N–H and O–H groups in total. The Morgan fingerprint density at radius 2 is 2.43 bits per heavy atom. The van der Waals surface area contributed by atoms with Gasteiger partial charge >= 0.3 is 0 Å². The highest BCUT2D eigenvalue weighted by molar-refractivity contribution is 7.90. The summed E-state index contributed by atoms with van der Waals surface area (Å²) in [6.07, 6.45) is 1.43. The maximum absolute atomic E-state index is 11.3. The maximum atomic E-state index is 11.3. The third-order valence-electron chi connectivity index (χ3n) is 1.73.